The maximum Gasteiger partial charge on any atom is 0.417 e. The number of imide groups is 1. The Kier molecular flexibility index (Phi) is 10.6. The Hall–Kier alpha value is -4.02. The van der Waals surface area contributed by atoms with Crippen molar-refractivity contribution < 1.29 is 45.8 Å². The van der Waals surface area contributed by atoms with Crippen LogP contribution in [0.25, 0.3) is 0 Å². The van der Waals surface area contributed by atoms with Crippen LogP contribution in [0.5, 0.6) is 0 Å². The van der Waals surface area contributed by atoms with E-state index in [1.54, 1.807) is 0 Å². The van der Waals surface area contributed by atoms with Crippen LogP contribution in [-0.4, -0.2) is 80.1 Å². The molecule has 2 aliphatic rings. The number of aliphatic imine (C=N–C) groups is 1. The monoisotopic (exact) mass is 626 g/mol. The molecule has 16 heteroatoms. The summed E-state index contributed by atoms with van der Waals surface area (Å²) >= 11 is 0. The lowest BCUT2D eigenvalue weighted by Gasteiger charge is -2.37. The van der Waals surface area contributed by atoms with Crippen LogP contribution in [0.1, 0.15) is 41.7 Å². The molecule has 4 atom stereocenters. The number of nitrogens with zero attached hydrogens (tertiary/aromatic N) is 3. The lowest BCUT2D eigenvalue weighted by Crippen LogP contribution is -2.54. The molecule has 3 heterocycles. The third-order valence-electron chi connectivity index (χ3n) is 7.36. The largest absolute Gasteiger partial charge is 0.468 e. The van der Waals surface area contributed by atoms with Crippen LogP contribution in [0.3, 0.4) is 0 Å². The first kappa shape index (κ1) is 32.9. The molecule has 1 aromatic heterocycles. The van der Waals surface area contributed by atoms with Gasteiger partial charge in [0.2, 0.25) is 0 Å². The van der Waals surface area contributed by atoms with Crippen LogP contribution in [0.2, 0.25) is 0 Å². The second-order valence-corrected chi connectivity index (χ2v) is 10.2. The fraction of sp³-hybridized carbons (Fsp3) is 0.464. The molecule has 0 aliphatic carbocycles. The highest BCUT2D eigenvalue weighted by Gasteiger charge is 2.47. The van der Waals surface area contributed by atoms with Gasteiger partial charge in [0.15, 0.2) is 11.6 Å². The van der Waals surface area contributed by atoms with Gasteiger partial charge >= 0.3 is 24.2 Å². The van der Waals surface area contributed by atoms with Crippen molar-refractivity contribution in [3.05, 3.63) is 65.0 Å². The van der Waals surface area contributed by atoms with Crippen molar-refractivity contribution in [1.82, 2.24) is 25.8 Å². The van der Waals surface area contributed by atoms with Gasteiger partial charge in [-0.25, -0.2) is 23.3 Å². The molecule has 0 radical (unpaired) electrons. The van der Waals surface area contributed by atoms with E-state index >= 15 is 0 Å². The standard InChI is InChI=1S/C28H31F5N6O5/c1-43-14-22-23(25(40)44-2)24(15-3-5-18(29)19(30)11-15)39(27(42)38-22)26(41)36-10-9-34-17-7-8-35-21(12-17)20-6-4-16(13-37-20)28(31,32)33/h3-6,11,13,17,21,23-24,34-35H,7-10,12,14H2,1-2H3,(H,36,41)/t17?,21?,23?,24-/m0/s1. The van der Waals surface area contributed by atoms with Gasteiger partial charge in [-0.1, -0.05) is 6.07 Å². The molecule has 2 aromatic rings. The number of ether oxygens (including phenoxy) is 2. The van der Waals surface area contributed by atoms with Gasteiger partial charge in [-0.15, -0.1) is 0 Å². The van der Waals surface area contributed by atoms with Crippen molar-refractivity contribution in [3.63, 3.8) is 0 Å². The smallest absolute Gasteiger partial charge is 0.417 e. The van der Waals surface area contributed by atoms with Crippen LogP contribution in [0.15, 0.2) is 41.5 Å². The van der Waals surface area contributed by atoms with Gasteiger partial charge in [0.25, 0.3) is 0 Å². The highest BCUT2D eigenvalue weighted by atomic mass is 19.4. The Morgan fingerprint density at radius 3 is 2.52 bits per heavy atom. The van der Waals surface area contributed by atoms with Crippen LogP contribution < -0.4 is 16.0 Å². The maximum atomic E-state index is 14.2. The number of hydrogen-bond acceptors (Lipinski definition) is 8. The molecule has 238 valence electrons. The number of urea groups is 2. The van der Waals surface area contributed by atoms with E-state index in [1.807, 2.05) is 0 Å². The number of methoxy groups -OCH3 is 2. The molecule has 1 fully saturated rings. The van der Waals surface area contributed by atoms with Crippen molar-refractivity contribution in [2.45, 2.75) is 37.1 Å². The second-order valence-electron chi connectivity index (χ2n) is 10.2. The number of nitrogens with one attached hydrogen (secondary N) is 3. The summed E-state index contributed by atoms with van der Waals surface area (Å²) in [5.74, 6) is -4.62. The number of aromatic nitrogens is 1. The number of benzene rings is 1. The predicted octanol–water partition coefficient (Wildman–Crippen LogP) is 3.52. The fourth-order valence-electron chi connectivity index (χ4n) is 5.25. The second kappa shape index (κ2) is 14.2. The highest BCUT2D eigenvalue weighted by Crippen LogP contribution is 2.36. The number of carbonyl (C=O) groups is 3. The van der Waals surface area contributed by atoms with E-state index in [-0.39, 0.29) is 43.1 Å². The number of pyridine rings is 1. The van der Waals surface area contributed by atoms with Crippen LogP contribution in [-0.2, 0) is 20.4 Å². The quantitative estimate of drug-likeness (QED) is 0.219. The minimum Gasteiger partial charge on any atom is -0.468 e. The molecule has 0 spiro atoms. The summed E-state index contributed by atoms with van der Waals surface area (Å²) in [5, 5.41) is 9.08. The van der Waals surface area contributed by atoms with Gasteiger partial charge in [0, 0.05) is 32.4 Å². The Bertz CT molecular complexity index is 1390. The number of amides is 4. The number of esters is 1. The Labute approximate surface area is 249 Å². The minimum atomic E-state index is -4.48. The number of halogens is 5. The first-order valence-corrected chi connectivity index (χ1v) is 13.6. The SMILES string of the molecule is COCC1=NC(=O)N(C(=O)NCCNC2CCNC(c3ccc(C(F)(F)F)cn3)C2)[C@@H](c2ccc(F)c(F)c2)C1C(=O)OC. The van der Waals surface area contributed by atoms with E-state index < -0.39 is 53.4 Å². The number of carbonyl (C=O) groups excluding carboxylic acids is 3. The molecular formula is C28H31F5N6O5. The number of rotatable bonds is 9. The molecule has 1 aromatic carbocycles. The normalized spacial score (nSPS) is 22.4. The van der Waals surface area contributed by atoms with Crippen molar-refractivity contribution >= 4 is 23.7 Å². The molecule has 2 aliphatic heterocycles. The zero-order chi connectivity index (χ0) is 32.0. The van der Waals surface area contributed by atoms with E-state index in [0.717, 1.165) is 37.6 Å². The Morgan fingerprint density at radius 2 is 1.89 bits per heavy atom. The van der Waals surface area contributed by atoms with Crippen LogP contribution in [0, 0.1) is 17.6 Å². The minimum absolute atomic E-state index is 0.0256. The van der Waals surface area contributed by atoms with Crippen LogP contribution >= 0.6 is 0 Å². The Balaban J connectivity index is 1.42. The maximum absolute atomic E-state index is 14.2. The zero-order valence-electron chi connectivity index (χ0n) is 23.8. The van der Waals surface area contributed by atoms with E-state index in [1.165, 1.54) is 13.2 Å². The van der Waals surface area contributed by atoms with Crippen molar-refractivity contribution in [2.24, 2.45) is 10.9 Å². The highest BCUT2D eigenvalue weighted by molar-refractivity contribution is 6.12. The molecule has 1 saturated heterocycles. The molecule has 11 nitrogen and oxygen atoms in total. The van der Waals surface area contributed by atoms with Crippen molar-refractivity contribution in [3.8, 4) is 0 Å². The third kappa shape index (κ3) is 7.54. The lowest BCUT2D eigenvalue weighted by molar-refractivity contribution is -0.144. The van der Waals surface area contributed by atoms with Gasteiger partial charge in [-0.3, -0.25) is 9.78 Å². The summed E-state index contributed by atoms with van der Waals surface area (Å²) in [4.78, 5) is 47.7. The number of alkyl halides is 3. The zero-order valence-corrected chi connectivity index (χ0v) is 23.8. The van der Waals surface area contributed by atoms with E-state index in [2.05, 4.69) is 25.9 Å². The fourth-order valence-corrected chi connectivity index (χ4v) is 5.25. The van der Waals surface area contributed by atoms with Crippen molar-refractivity contribution in [1.29, 1.82) is 0 Å². The summed E-state index contributed by atoms with van der Waals surface area (Å²) in [6.07, 6.45) is -2.46. The van der Waals surface area contributed by atoms with Crippen LogP contribution in [0.4, 0.5) is 31.5 Å². The topological polar surface area (TPSA) is 134 Å². The van der Waals surface area contributed by atoms with Gasteiger partial charge in [0.1, 0.15) is 5.92 Å². The third-order valence-corrected chi connectivity index (χ3v) is 7.36. The predicted molar refractivity (Wildman–Crippen MR) is 146 cm³/mol. The molecule has 44 heavy (non-hydrogen) atoms. The van der Waals surface area contributed by atoms with E-state index in [9.17, 15) is 36.3 Å². The number of piperidine rings is 1. The summed E-state index contributed by atoms with van der Waals surface area (Å²) < 4.78 is 76.5. The number of hydrogen-bond donors (Lipinski definition) is 3. The lowest BCUT2D eigenvalue weighted by atomic mass is 9.86. The molecule has 0 saturated carbocycles. The van der Waals surface area contributed by atoms with Gasteiger partial charge in [-0.05, 0) is 49.2 Å². The Morgan fingerprint density at radius 1 is 1.11 bits per heavy atom. The summed E-state index contributed by atoms with van der Waals surface area (Å²) in [7, 11) is 2.41. The molecule has 0 bridgehead atoms. The van der Waals surface area contributed by atoms with Crippen molar-refractivity contribution in [2.75, 3.05) is 40.5 Å². The molecule has 3 unspecified atom stereocenters. The summed E-state index contributed by atoms with van der Waals surface area (Å²) in [5.41, 5.74) is -0.451. The molecule has 3 N–H and O–H groups in total. The average molecular weight is 627 g/mol. The van der Waals surface area contributed by atoms with Gasteiger partial charge in [-0.2, -0.15) is 18.2 Å². The summed E-state index contributed by atoms with van der Waals surface area (Å²) in [6, 6.07) is 1.36. The molecule has 4 amide bonds. The van der Waals surface area contributed by atoms with E-state index in [0.29, 0.717) is 30.0 Å². The summed E-state index contributed by atoms with van der Waals surface area (Å²) in [6.45, 7) is 0.592. The average Bonchev–Trinajstić information content (AvgIpc) is 3.00. The van der Waals surface area contributed by atoms with Gasteiger partial charge in [0.05, 0.1) is 42.8 Å². The van der Waals surface area contributed by atoms with E-state index in [4.69, 9.17) is 9.47 Å². The molecule has 4 rings (SSSR count). The first-order chi connectivity index (χ1) is 20.9. The molecular weight excluding hydrogens is 595 g/mol. The first-order valence-electron chi connectivity index (χ1n) is 13.6. The van der Waals surface area contributed by atoms with Gasteiger partial charge < -0.3 is 25.4 Å².